The van der Waals surface area contributed by atoms with E-state index in [1.165, 1.54) is 12.8 Å². The van der Waals surface area contributed by atoms with Crippen LogP contribution in [0.5, 0.6) is 0 Å². The lowest BCUT2D eigenvalue weighted by Crippen LogP contribution is -2.46. The lowest BCUT2D eigenvalue weighted by Gasteiger charge is -2.22. The van der Waals surface area contributed by atoms with E-state index in [9.17, 15) is 15.3 Å². The van der Waals surface area contributed by atoms with E-state index in [0.717, 1.165) is 19.4 Å². The first kappa shape index (κ1) is 15.8. The molecule has 0 aromatic rings. The van der Waals surface area contributed by atoms with Gasteiger partial charge in [0.1, 0.15) is 18.3 Å². The summed E-state index contributed by atoms with van der Waals surface area (Å²) in [6.45, 7) is 2.55. The van der Waals surface area contributed by atoms with Gasteiger partial charge in [0.2, 0.25) is 5.79 Å². The maximum atomic E-state index is 9.68. The quantitative estimate of drug-likeness (QED) is 0.358. The van der Waals surface area contributed by atoms with E-state index < -0.39 is 30.7 Å². The maximum absolute atomic E-state index is 9.68. The van der Waals surface area contributed by atoms with Crippen LogP contribution in [0.1, 0.15) is 32.6 Å². The van der Waals surface area contributed by atoms with Crippen LogP contribution >= 0.6 is 0 Å². The van der Waals surface area contributed by atoms with Crippen molar-refractivity contribution in [2.75, 3.05) is 19.7 Å². The molecule has 108 valence electrons. The summed E-state index contributed by atoms with van der Waals surface area (Å²) in [4.78, 5) is 0. The van der Waals surface area contributed by atoms with Crippen LogP contribution in [-0.2, 0) is 4.74 Å². The molecule has 1 heterocycles. The van der Waals surface area contributed by atoms with Crippen molar-refractivity contribution >= 4 is 0 Å². The van der Waals surface area contributed by atoms with Crippen LogP contribution < -0.4 is 5.32 Å². The number of hydrogen-bond donors (Lipinski definition) is 5. The topological polar surface area (TPSA) is 102 Å². The number of aliphatic hydroxyl groups excluding tert-OH is 3. The first-order chi connectivity index (χ1) is 8.55. The SMILES string of the molecule is CCCCCCNC[C@@H]1O[C@](O)(CO)[C@@H](O)[C@@H]1O. The summed E-state index contributed by atoms with van der Waals surface area (Å²) in [5, 5.41) is 40.9. The second-order valence-electron chi connectivity index (χ2n) is 4.86. The third-order valence-electron chi connectivity index (χ3n) is 3.30. The lowest BCUT2D eigenvalue weighted by molar-refractivity contribution is -0.245. The van der Waals surface area contributed by atoms with Crippen LogP contribution in [0.2, 0.25) is 0 Å². The molecule has 6 heteroatoms. The Morgan fingerprint density at radius 2 is 1.94 bits per heavy atom. The van der Waals surface area contributed by atoms with Crippen LogP contribution in [0, 0.1) is 0 Å². The van der Waals surface area contributed by atoms with Crippen molar-refractivity contribution in [3.8, 4) is 0 Å². The van der Waals surface area contributed by atoms with Gasteiger partial charge in [0, 0.05) is 6.54 Å². The fourth-order valence-electron chi connectivity index (χ4n) is 2.09. The zero-order chi connectivity index (χ0) is 13.6. The molecule has 0 radical (unpaired) electrons. The van der Waals surface area contributed by atoms with Gasteiger partial charge in [-0.1, -0.05) is 26.2 Å². The van der Waals surface area contributed by atoms with Crippen molar-refractivity contribution in [1.82, 2.24) is 5.32 Å². The number of rotatable bonds is 8. The molecule has 1 saturated heterocycles. The lowest BCUT2D eigenvalue weighted by atomic mass is 10.1. The van der Waals surface area contributed by atoms with Crippen molar-refractivity contribution in [3.05, 3.63) is 0 Å². The predicted octanol–water partition coefficient (Wildman–Crippen LogP) is -1.04. The van der Waals surface area contributed by atoms with Gasteiger partial charge in [-0.3, -0.25) is 0 Å². The molecule has 0 aromatic carbocycles. The molecule has 1 aliphatic rings. The molecule has 0 bridgehead atoms. The van der Waals surface area contributed by atoms with E-state index in [1.807, 2.05) is 0 Å². The molecule has 0 aliphatic carbocycles. The molecule has 6 nitrogen and oxygen atoms in total. The third-order valence-corrected chi connectivity index (χ3v) is 3.30. The van der Waals surface area contributed by atoms with E-state index in [2.05, 4.69) is 12.2 Å². The van der Waals surface area contributed by atoms with Gasteiger partial charge in [-0.15, -0.1) is 0 Å². The summed E-state index contributed by atoms with van der Waals surface area (Å²) < 4.78 is 5.09. The zero-order valence-corrected chi connectivity index (χ0v) is 10.9. The fourth-order valence-corrected chi connectivity index (χ4v) is 2.09. The summed E-state index contributed by atoms with van der Waals surface area (Å²) in [6, 6.07) is 0. The van der Waals surface area contributed by atoms with E-state index >= 15 is 0 Å². The van der Waals surface area contributed by atoms with E-state index in [0.29, 0.717) is 6.54 Å². The van der Waals surface area contributed by atoms with Crippen molar-refractivity contribution < 1.29 is 25.2 Å². The molecule has 0 aromatic heterocycles. The second kappa shape index (κ2) is 7.37. The molecular formula is C12H25NO5. The van der Waals surface area contributed by atoms with E-state index in [1.54, 1.807) is 0 Å². The van der Waals surface area contributed by atoms with Crippen LogP contribution in [0.3, 0.4) is 0 Å². The Morgan fingerprint density at radius 3 is 2.50 bits per heavy atom. The average molecular weight is 263 g/mol. The smallest absolute Gasteiger partial charge is 0.219 e. The second-order valence-corrected chi connectivity index (χ2v) is 4.86. The Bertz CT molecular complexity index is 241. The zero-order valence-electron chi connectivity index (χ0n) is 10.9. The number of unbranched alkanes of at least 4 members (excludes halogenated alkanes) is 3. The molecule has 4 atom stereocenters. The first-order valence-electron chi connectivity index (χ1n) is 6.63. The van der Waals surface area contributed by atoms with Gasteiger partial charge in [-0.2, -0.15) is 0 Å². The molecule has 0 unspecified atom stereocenters. The summed E-state index contributed by atoms with van der Waals surface area (Å²) in [5.74, 6) is -2.05. The third kappa shape index (κ3) is 3.88. The van der Waals surface area contributed by atoms with Crippen molar-refractivity contribution in [1.29, 1.82) is 0 Å². The van der Waals surface area contributed by atoms with Gasteiger partial charge in [0.25, 0.3) is 0 Å². The maximum Gasteiger partial charge on any atom is 0.219 e. The van der Waals surface area contributed by atoms with Crippen LogP contribution in [0.15, 0.2) is 0 Å². The van der Waals surface area contributed by atoms with E-state index in [4.69, 9.17) is 9.84 Å². The largest absolute Gasteiger partial charge is 0.391 e. The van der Waals surface area contributed by atoms with Crippen molar-refractivity contribution in [2.24, 2.45) is 0 Å². The summed E-state index contributed by atoms with van der Waals surface area (Å²) in [7, 11) is 0. The molecule has 1 fully saturated rings. The monoisotopic (exact) mass is 263 g/mol. The summed E-state index contributed by atoms with van der Waals surface area (Å²) in [5.41, 5.74) is 0. The number of aliphatic hydroxyl groups is 4. The Kier molecular flexibility index (Phi) is 6.48. The number of hydrogen-bond acceptors (Lipinski definition) is 6. The standard InChI is InChI=1S/C12H25NO5/c1-2-3-4-5-6-13-7-9-10(15)11(16)12(17,8-14)18-9/h9-11,13-17H,2-8H2,1H3/t9-,10+,11-,12+/m0/s1. The average Bonchev–Trinajstić information content (AvgIpc) is 2.59. The van der Waals surface area contributed by atoms with Gasteiger partial charge in [0.15, 0.2) is 0 Å². The highest BCUT2D eigenvalue weighted by Gasteiger charge is 2.52. The van der Waals surface area contributed by atoms with Gasteiger partial charge < -0.3 is 30.5 Å². The number of ether oxygens (including phenoxy) is 1. The van der Waals surface area contributed by atoms with Crippen LogP contribution in [-0.4, -0.2) is 64.2 Å². The number of nitrogens with one attached hydrogen (secondary N) is 1. The normalized spacial score (nSPS) is 36.2. The summed E-state index contributed by atoms with van der Waals surface area (Å²) >= 11 is 0. The van der Waals surface area contributed by atoms with Crippen molar-refractivity contribution in [3.63, 3.8) is 0 Å². The Balaban J connectivity index is 2.23. The molecule has 0 spiro atoms. The van der Waals surface area contributed by atoms with E-state index in [-0.39, 0.29) is 0 Å². The Morgan fingerprint density at radius 1 is 1.22 bits per heavy atom. The highest BCUT2D eigenvalue weighted by atomic mass is 16.7. The highest BCUT2D eigenvalue weighted by molar-refractivity contribution is 4.95. The highest BCUT2D eigenvalue weighted by Crippen LogP contribution is 2.28. The fraction of sp³-hybridized carbons (Fsp3) is 1.00. The molecule has 1 aliphatic heterocycles. The van der Waals surface area contributed by atoms with Crippen LogP contribution in [0.4, 0.5) is 0 Å². The molecule has 5 N–H and O–H groups in total. The van der Waals surface area contributed by atoms with Gasteiger partial charge in [-0.05, 0) is 13.0 Å². The Hall–Kier alpha value is -0.240. The van der Waals surface area contributed by atoms with Gasteiger partial charge >= 0.3 is 0 Å². The Labute approximate surface area is 108 Å². The first-order valence-corrected chi connectivity index (χ1v) is 6.63. The van der Waals surface area contributed by atoms with Crippen molar-refractivity contribution in [2.45, 2.75) is 56.7 Å². The van der Waals surface area contributed by atoms with Crippen LogP contribution in [0.25, 0.3) is 0 Å². The molecule has 1 rings (SSSR count). The molecule has 18 heavy (non-hydrogen) atoms. The minimum atomic E-state index is -2.05. The molecular weight excluding hydrogens is 238 g/mol. The summed E-state index contributed by atoms with van der Waals surface area (Å²) in [6.07, 6.45) is 1.21. The minimum Gasteiger partial charge on any atom is -0.391 e. The molecule has 0 saturated carbocycles. The predicted molar refractivity (Wildman–Crippen MR) is 65.9 cm³/mol. The van der Waals surface area contributed by atoms with Gasteiger partial charge in [-0.25, -0.2) is 0 Å². The van der Waals surface area contributed by atoms with Gasteiger partial charge in [0.05, 0.1) is 6.61 Å². The minimum absolute atomic E-state index is 0.340. The molecule has 0 amide bonds.